The molecule has 1 atom stereocenters. The molecule has 1 aromatic heterocycles. The number of aromatic nitrogens is 1. The average Bonchev–Trinajstić information content (AvgIpc) is 2.60. The van der Waals surface area contributed by atoms with E-state index in [2.05, 4.69) is 4.98 Å². The monoisotopic (exact) mass is 385 g/mol. The molecular weight excluding hydrogens is 357 g/mol. The highest BCUT2D eigenvalue weighted by molar-refractivity contribution is 5.70. The molecule has 0 aliphatic rings. The predicted octanol–water partition coefficient (Wildman–Crippen LogP) is 5.64. The topological polar surface area (TPSA) is 48.4 Å². The van der Waals surface area contributed by atoms with Gasteiger partial charge < -0.3 is 9.47 Å². The molecule has 0 saturated carbocycles. The van der Waals surface area contributed by atoms with Crippen LogP contribution < -0.4 is 4.74 Å². The maximum absolute atomic E-state index is 13.3. The Morgan fingerprint density at radius 2 is 1.86 bits per heavy atom. The van der Waals surface area contributed by atoms with Crippen LogP contribution >= 0.6 is 0 Å². The van der Waals surface area contributed by atoms with Crippen molar-refractivity contribution in [2.75, 3.05) is 0 Å². The first-order valence-electron chi connectivity index (χ1n) is 9.39. The van der Waals surface area contributed by atoms with Gasteiger partial charge in [-0.2, -0.15) is 0 Å². The van der Waals surface area contributed by atoms with Gasteiger partial charge in [0.25, 0.3) is 0 Å². The summed E-state index contributed by atoms with van der Waals surface area (Å²) in [6, 6.07) is 9.45. The van der Waals surface area contributed by atoms with Gasteiger partial charge in [-0.15, -0.1) is 0 Å². The van der Waals surface area contributed by atoms with Crippen LogP contribution in [0.3, 0.4) is 0 Å². The Kier molecular flexibility index (Phi) is 7.32. The van der Waals surface area contributed by atoms with E-state index < -0.39 is 11.5 Å². The lowest BCUT2D eigenvalue weighted by atomic mass is 9.87. The number of esters is 1. The van der Waals surface area contributed by atoms with Crippen molar-refractivity contribution in [3.8, 4) is 5.75 Å². The minimum absolute atomic E-state index is 0.192. The first-order valence-corrected chi connectivity index (χ1v) is 9.39. The number of pyridine rings is 1. The van der Waals surface area contributed by atoms with Gasteiger partial charge in [-0.1, -0.05) is 40.7 Å². The first kappa shape index (κ1) is 21.6. The van der Waals surface area contributed by atoms with Gasteiger partial charge in [-0.3, -0.25) is 9.78 Å². The van der Waals surface area contributed by atoms with E-state index in [1.54, 1.807) is 30.6 Å². The van der Waals surface area contributed by atoms with Gasteiger partial charge in [0, 0.05) is 24.2 Å². The summed E-state index contributed by atoms with van der Waals surface area (Å²) in [4.78, 5) is 16.5. The number of nitrogens with zero attached hydrogens (tertiary/aromatic N) is 1. The van der Waals surface area contributed by atoms with Crippen molar-refractivity contribution in [1.29, 1.82) is 0 Å². The second kappa shape index (κ2) is 9.49. The van der Waals surface area contributed by atoms with Gasteiger partial charge in [0.15, 0.2) is 6.10 Å². The third-order valence-corrected chi connectivity index (χ3v) is 3.91. The normalized spacial score (nSPS) is 13.3. The van der Waals surface area contributed by atoms with Gasteiger partial charge in [-0.05, 0) is 47.9 Å². The highest BCUT2D eigenvalue weighted by atomic mass is 19.1. The van der Waals surface area contributed by atoms with Crippen molar-refractivity contribution in [3.63, 3.8) is 0 Å². The Morgan fingerprint density at radius 1 is 1.18 bits per heavy atom. The number of carbonyl (C=O) groups excluding carboxylic acids is 1. The van der Waals surface area contributed by atoms with Crippen LogP contribution in [-0.4, -0.2) is 17.1 Å². The van der Waals surface area contributed by atoms with Gasteiger partial charge in [0.1, 0.15) is 17.3 Å². The Labute approximate surface area is 166 Å². The minimum atomic E-state index is -0.621. The second-order valence-electron chi connectivity index (χ2n) is 8.22. The molecule has 4 nitrogen and oxygen atoms in total. The summed E-state index contributed by atoms with van der Waals surface area (Å²) in [5.41, 5.74) is 0.398. The molecule has 150 valence electrons. The molecule has 0 amide bonds. The highest BCUT2D eigenvalue weighted by Crippen LogP contribution is 2.32. The zero-order chi connectivity index (χ0) is 20.7. The smallest absolute Gasteiger partial charge is 0.306 e. The largest absolute Gasteiger partial charge is 0.458 e. The maximum atomic E-state index is 13.3. The van der Waals surface area contributed by atoms with Crippen molar-refractivity contribution < 1.29 is 18.7 Å². The van der Waals surface area contributed by atoms with Crippen LogP contribution in [0.15, 0.2) is 54.6 Å². The molecule has 0 aliphatic heterocycles. The lowest BCUT2D eigenvalue weighted by Gasteiger charge is -2.32. The number of hydrogen-bond acceptors (Lipinski definition) is 4. The van der Waals surface area contributed by atoms with Gasteiger partial charge >= 0.3 is 5.97 Å². The second-order valence-corrected chi connectivity index (χ2v) is 8.22. The molecule has 0 bridgehead atoms. The summed E-state index contributed by atoms with van der Waals surface area (Å²) >= 11 is 0. The Morgan fingerprint density at radius 3 is 2.39 bits per heavy atom. The molecule has 28 heavy (non-hydrogen) atoms. The van der Waals surface area contributed by atoms with Crippen molar-refractivity contribution in [2.24, 2.45) is 11.3 Å². The van der Waals surface area contributed by atoms with E-state index in [4.69, 9.17) is 9.47 Å². The van der Waals surface area contributed by atoms with E-state index >= 15 is 0 Å². The van der Waals surface area contributed by atoms with Crippen LogP contribution in [0.5, 0.6) is 5.75 Å². The van der Waals surface area contributed by atoms with Gasteiger partial charge in [0.2, 0.25) is 0 Å². The molecule has 0 saturated heterocycles. The number of rotatable bonds is 7. The summed E-state index contributed by atoms with van der Waals surface area (Å²) in [5, 5.41) is 0. The fourth-order valence-corrected chi connectivity index (χ4v) is 2.60. The number of ether oxygens (including phenoxy) is 2. The van der Waals surface area contributed by atoms with Crippen LogP contribution in [0, 0.1) is 17.2 Å². The summed E-state index contributed by atoms with van der Waals surface area (Å²) in [5.74, 6) is 0.488. The number of halogens is 1. The lowest BCUT2D eigenvalue weighted by Crippen LogP contribution is -2.35. The molecule has 0 radical (unpaired) electrons. The minimum Gasteiger partial charge on any atom is -0.458 e. The Bertz CT molecular complexity index is 793. The van der Waals surface area contributed by atoms with E-state index in [9.17, 15) is 9.18 Å². The summed E-state index contributed by atoms with van der Waals surface area (Å²) in [7, 11) is 0. The first-order chi connectivity index (χ1) is 13.1. The van der Waals surface area contributed by atoms with Gasteiger partial charge in [-0.25, -0.2) is 4.39 Å². The zero-order valence-corrected chi connectivity index (χ0v) is 17.1. The molecule has 2 aromatic rings. The average molecular weight is 385 g/mol. The van der Waals surface area contributed by atoms with E-state index in [0.29, 0.717) is 17.9 Å². The van der Waals surface area contributed by atoms with Crippen LogP contribution in [0.4, 0.5) is 4.39 Å². The quantitative estimate of drug-likeness (QED) is 0.457. The van der Waals surface area contributed by atoms with Crippen LogP contribution in [0.25, 0.3) is 6.08 Å². The number of benzene rings is 1. The molecule has 1 aromatic carbocycles. The van der Waals surface area contributed by atoms with Crippen LogP contribution in [-0.2, 0) is 9.53 Å². The Hall–Kier alpha value is -2.69. The third kappa shape index (κ3) is 6.80. The fraction of sp³-hybridized carbons (Fsp3) is 0.391. The van der Waals surface area contributed by atoms with Crippen LogP contribution in [0.1, 0.15) is 46.6 Å². The number of hydrogen-bond donors (Lipinski definition) is 0. The number of carbonyl (C=O) groups is 1. The van der Waals surface area contributed by atoms with E-state index in [0.717, 1.165) is 5.56 Å². The molecule has 0 N–H and O–H groups in total. The molecule has 0 fully saturated rings. The lowest BCUT2D eigenvalue weighted by molar-refractivity contribution is -0.154. The van der Waals surface area contributed by atoms with Crippen molar-refractivity contribution in [1.82, 2.24) is 4.98 Å². The highest BCUT2D eigenvalue weighted by Gasteiger charge is 2.34. The van der Waals surface area contributed by atoms with Crippen molar-refractivity contribution in [2.45, 2.75) is 47.1 Å². The molecule has 0 spiro atoms. The molecular formula is C23H28FNO3. The maximum Gasteiger partial charge on any atom is 0.306 e. The SMILES string of the molecule is CC(C)CC(=O)OC(/C(=C/c1cccnc1)Oc1ccc(F)cc1)C(C)(C)C. The predicted molar refractivity (Wildman–Crippen MR) is 108 cm³/mol. The summed E-state index contributed by atoms with van der Waals surface area (Å²) in [6.45, 7) is 9.87. The molecule has 5 heteroatoms. The molecule has 2 rings (SSSR count). The van der Waals surface area contributed by atoms with E-state index in [1.807, 2.05) is 46.8 Å². The molecule has 1 heterocycles. The zero-order valence-electron chi connectivity index (χ0n) is 17.1. The van der Waals surface area contributed by atoms with Gasteiger partial charge in [0.05, 0.1) is 0 Å². The van der Waals surface area contributed by atoms with Crippen molar-refractivity contribution >= 4 is 12.0 Å². The third-order valence-electron chi connectivity index (χ3n) is 3.91. The van der Waals surface area contributed by atoms with E-state index in [-0.39, 0.29) is 17.7 Å². The molecule has 1 unspecified atom stereocenters. The fourth-order valence-electron chi connectivity index (χ4n) is 2.60. The summed E-state index contributed by atoms with van der Waals surface area (Å²) in [6.07, 6.45) is 4.88. The summed E-state index contributed by atoms with van der Waals surface area (Å²) < 4.78 is 25.2. The molecule has 0 aliphatic carbocycles. The van der Waals surface area contributed by atoms with Crippen molar-refractivity contribution in [3.05, 3.63) is 65.9 Å². The van der Waals surface area contributed by atoms with Crippen LogP contribution in [0.2, 0.25) is 0 Å². The Balaban J connectivity index is 2.41. The van der Waals surface area contributed by atoms with E-state index in [1.165, 1.54) is 12.1 Å². The standard InChI is InChI=1S/C23H28FNO3/c1-16(2)13-21(26)28-22(23(3,4)5)20(14-17-7-6-12-25-15-17)27-19-10-8-18(24)9-11-19/h6-12,14-16,22H,13H2,1-5H3/b20-14-.